The van der Waals surface area contributed by atoms with Gasteiger partial charge in [0.1, 0.15) is 30.0 Å². The van der Waals surface area contributed by atoms with Crippen LogP contribution in [0.4, 0.5) is 0 Å². The number of carbonyl (C=O) groups is 5. The van der Waals surface area contributed by atoms with Gasteiger partial charge in [0, 0.05) is 38.5 Å². The summed E-state index contributed by atoms with van der Waals surface area (Å²) in [6.45, 7) is 11.5. The predicted molar refractivity (Wildman–Crippen MR) is 163 cm³/mol. The quantitative estimate of drug-likeness (QED) is 0.114. The zero-order valence-corrected chi connectivity index (χ0v) is 28.4. The largest absolute Gasteiger partial charge is 0.459 e. The first kappa shape index (κ1) is 36.5. The summed E-state index contributed by atoms with van der Waals surface area (Å²) in [6, 6.07) is 0. The van der Waals surface area contributed by atoms with Gasteiger partial charge >= 0.3 is 29.8 Å². The minimum absolute atomic E-state index is 0.0785. The highest BCUT2D eigenvalue weighted by molar-refractivity contribution is 5.89. The highest BCUT2D eigenvalue weighted by atomic mass is 16.7. The number of hydrogen-bond donors (Lipinski definition) is 2. The number of ether oxygens (including phenoxy) is 6. The molecule has 13 heteroatoms. The molecule has 0 aromatic carbocycles. The zero-order valence-electron chi connectivity index (χ0n) is 28.4. The number of aliphatic hydroxyl groups excluding tert-OH is 1. The van der Waals surface area contributed by atoms with Gasteiger partial charge in [-0.15, -0.1) is 0 Å². The van der Waals surface area contributed by atoms with E-state index in [-0.39, 0.29) is 12.0 Å². The molecule has 2 N–H and O–H groups in total. The van der Waals surface area contributed by atoms with Crippen LogP contribution in [0.15, 0.2) is 23.8 Å². The van der Waals surface area contributed by atoms with Crippen molar-refractivity contribution in [2.45, 2.75) is 147 Å². The molecule has 4 aliphatic rings. The molecule has 0 radical (unpaired) electrons. The first-order valence-corrected chi connectivity index (χ1v) is 16.3. The van der Waals surface area contributed by atoms with Crippen LogP contribution in [0.3, 0.4) is 0 Å². The molecule has 47 heavy (non-hydrogen) atoms. The topological polar surface area (TPSA) is 184 Å². The molecule has 0 aromatic heterocycles. The fraction of sp³-hybridized carbons (Fsp3) is 0.735. The lowest BCUT2D eigenvalue weighted by molar-refractivity contribution is -0.230. The molecule has 2 heterocycles. The zero-order chi connectivity index (χ0) is 35.1. The minimum Gasteiger partial charge on any atom is -0.459 e. The molecule has 4 rings (SSSR count). The highest BCUT2D eigenvalue weighted by Crippen LogP contribution is 2.65. The third kappa shape index (κ3) is 6.46. The Morgan fingerprint density at radius 1 is 0.894 bits per heavy atom. The molecule has 0 unspecified atom stereocenters. The molecular weight excluding hydrogens is 616 g/mol. The van der Waals surface area contributed by atoms with Gasteiger partial charge in [-0.05, 0) is 44.9 Å². The summed E-state index contributed by atoms with van der Waals surface area (Å²) in [4.78, 5) is 64.0. The Morgan fingerprint density at radius 3 is 2.06 bits per heavy atom. The van der Waals surface area contributed by atoms with Crippen molar-refractivity contribution in [2.75, 3.05) is 0 Å². The normalized spacial score (nSPS) is 41.5. The van der Waals surface area contributed by atoms with Gasteiger partial charge in [-0.25, -0.2) is 4.79 Å². The maximum absolute atomic E-state index is 13.3. The summed E-state index contributed by atoms with van der Waals surface area (Å²) in [7, 11) is 0. The summed E-state index contributed by atoms with van der Waals surface area (Å²) in [5.41, 5.74) is -6.81. The van der Waals surface area contributed by atoms with E-state index in [9.17, 15) is 34.2 Å². The van der Waals surface area contributed by atoms with Gasteiger partial charge in [-0.3, -0.25) is 19.2 Å². The Kier molecular flexibility index (Phi) is 10.4. The molecule has 0 aromatic rings. The van der Waals surface area contributed by atoms with Gasteiger partial charge in [0.2, 0.25) is 0 Å². The maximum Gasteiger partial charge on any atom is 0.342 e. The van der Waals surface area contributed by atoms with Crippen LogP contribution < -0.4 is 0 Å². The van der Waals surface area contributed by atoms with Crippen molar-refractivity contribution in [3.8, 4) is 0 Å². The summed E-state index contributed by atoms with van der Waals surface area (Å²) >= 11 is 0. The van der Waals surface area contributed by atoms with Gasteiger partial charge in [0.25, 0.3) is 0 Å². The monoisotopic (exact) mass is 664 g/mol. The molecule has 2 aliphatic heterocycles. The fourth-order valence-corrected chi connectivity index (χ4v) is 7.77. The second-order valence-electron chi connectivity index (χ2n) is 13.7. The lowest BCUT2D eigenvalue weighted by Gasteiger charge is -2.55. The van der Waals surface area contributed by atoms with Crippen molar-refractivity contribution in [3.05, 3.63) is 23.8 Å². The van der Waals surface area contributed by atoms with E-state index in [0.29, 0.717) is 6.42 Å². The van der Waals surface area contributed by atoms with Gasteiger partial charge in [-0.2, -0.15) is 0 Å². The molecular formula is C34H48O13. The molecule has 2 saturated heterocycles. The molecule has 2 aliphatic carbocycles. The number of epoxide rings is 1. The number of aliphatic hydroxyl groups is 2. The predicted octanol–water partition coefficient (Wildman–Crippen LogP) is 2.77. The first-order valence-electron chi connectivity index (χ1n) is 16.3. The Hall–Kier alpha value is -3.29. The van der Waals surface area contributed by atoms with Crippen molar-refractivity contribution in [2.24, 2.45) is 11.3 Å². The lowest BCUT2D eigenvalue weighted by Crippen LogP contribution is -2.69. The number of fused-ring (bicyclic) bond motifs is 1. The molecule has 0 amide bonds. The lowest BCUT2D eigenvalue weighted by atomic mass is 9.55. The molecule has 11 atom stereocenters. The van der Waals surface area contributed by atoms with Crippen LogP contribution in [-0.4, -0.2) is 93.5 Å². The molecule has 0 bridgehead atoms. The van der Waals surface area contributed by atoms with Gasteiger partial charge in [-0.1, -0.05) is 45.6 Å². The van der Waals surface area contributed by atoms with E-state index in [4.69, 9.17) is 28.4 Å². The first-order chi connectivity index (χ1) is 21.9. The Labute approximate surface area is 274 Å². The Bertz CT molecular complexity index is 1330. The highest BCUT2D eigenvalue weighted by Gasteiger charge is 2.88. The van der Waals surface area contributed by atoms with Crippen LogP contribution in [0.25, 0.3) is 0 Å². The van der Waals surface area contributed by atoms with Crippen LogP contribution in [0.5, 0.6) is 0 Å². The number of hydrogen-bond acceptors (Lipinski definition) is 13. The SMILES string of the molecule is CCCCCCCC(=O)O[C@H]1/C(C)=C\[C@@H]2OC(=O)[C@]3(C)O[C@]23[C@@H](OC(C)=O)[C@H]2[C@](C)(O)[C@H](OC(C)=O)C=C[C@]2(C)[C@@H](OC(C)=O)[C@@H]1O. The van der Waals surface area contributed by atoms with Crippen molar-refractivity contribution >= 4 is 29.8 Å². The minimum atomic E-state index is -2.09. The van der Waals surface area contributed by atoms with Crippen LogP contribution in [0, 0.1) is 11.3 Å². The van der Waals surface area contributed by atoms with Gasteiger partial charge < -0.3 is 38.6 Å². The van der Waals surface area contributed by atoms with Crippen LogP contribution >= 0.6 is 0 Å². The smallest absolute Gasteiger partial charge is 0.342 e. The third-order valence-electron chi connectivity index (χ3n) is 10.1. The summed E-state index contributed by atoms with van der Waals surface area (Å²) < 4.78 is 35.0. The molecule has 13 nitrogen and oxygen atoms in total. The molecule has 2 fully saturated rings. The van der Waals surface area contributed by atoms with E-state index < -0.39 is 94.6 Å². The van der Waals surface area contributed by atoms with E-state index in [1.807, 2.05) is 0 Å². The molecule has 0 saturated carbocycles. The summed E-state index contributed by atoms with van der Waals surface area (Å²) in [5, 5.41) is 24.4. The average molecular weight is 665 g/mol. The molecule has 262 valence electrons. The summed E-state index contributed by atoms with van der Waals surface area (Å²) in [5.74, 6) is -5.03. The van der Waals surface area contributed by atoms with E-state index >= 15 is 0 Å². The second-order valence-corrected chi connectivity index (χ2v) is 13.7. The Morgan fingerprint density at radius 2 is 1.49 bits per heavy atom. The maximum atomic E-state index is 13.3. The van der Waals surface area contributed by atoms with Crippen LogP contribution in [0.1, 0.15) is 93.9 Å². The van der Waals surface area contributed by atoms with E-state index in [1.54, 1.807) is 13.8 Å². The number of esters is 5. The van der Waals surface area contributed by atoms with Gasteiger partial charge in [0.15, 0.2) is 23.4 Å². The fourth-order valence-electron chi connectivity index (χ4n) is 7.77. The number of unbranched alkanes of at least 4 members (excludes halogenated alkanes) is 4. The average Bonchev–Trinajstić information content (AvgIpc) is 3.55. The Balaban J connectivity index is 1.93. The van der Waals surface area contributed by atoms with Crippen LogP contribution in [-0.2, 0) is 52.4 Å². The van der Waals surface area contributed by atoms with Crippen molar-refractivity contribution < 1.29 is 62.6 Å². The number of carbonyl (C=O) groups excluding carboxylic acids is 5. The van der Waals surface area contributed by atoms with E-state index in [2.05, 4.69) is 6.92 Å². The molecule has 1 spiro atoms. The standard InChI is InChI=1S/C34H48O13/c1-9-10-11-12-13-14-24(38)46-26-18(2)17-23-34(33(8,47-34)30(40)45-23)29(44-21(5)37)27-31(6,28(25(26)39)43-20(4)36)16-15-22(32(27,7)41)42-19(3)35/h15-17,22-23,25-29,39,41H,9-14H2,1-8H3/b18-17-/t22-,23+,25-,26+,27-,28+,29+,31+,32-,33+,34+/m1/s1. The number of rotatable bonds is 10. The third-order valence-corrected chi connectivity index (χ3v) is 10.1. The van der Waals surface area contributed by atoms with E-state index in [1.165, 1.54) is 32.1 Å². The van der Waals surface area contributed by atoms with Crippen molar-refractivity contribution in [1.82, 2.24) is 0 Å². The van der Waals surface area contributed by atoms with Crippen molar-refractivity contribution in [3.63, 3.8) is 0 Å². The summed E-state index contributed by atoms with van der Waals surface area (Å²) in [6.07, 6.45) is 0.195. The van der Waals surface area contributed by atoms with Gasteiger partial charge in [0.05, 0.1) is 0 Å². The second kappa shape index (κ2) is 13.3. The van der Waals surface area contributed by atoms with E-state index in [0.717, 1.165) is 46.5 Å². The van der Waals surface area contributed by atoms with Crippen molar-refractivity contribution in [1.29, 1.82) is 0 Å². The van der Waals surface area contributed by atoms with Crippen LogP contribution in [0.2, 0.25) is 0 Å².